The molecule has 1 unspecified atom stereocenters. The Morgan fingerprint density at radius 3 is 3.08 bits per heavy atom. The van der Waals surface area contributed by atoms with Crippen LogP contribution in [0, 0.1) is 6.92 Å². The Labute approximate surface area is 76.8 Å². The monoisotopic (exact) mass is 180 g/mol. The highest BCUT2D eigenvalue weighted by Crippen LogP contribution is 2.37. The van der Waals surface area contributed by atoms with Crippen LogP contribution in [0.25, 0.3) is 0 Å². The molecule has 0 bridgehead atoms. The molecule has 0 aliphatic carbocycles. The highest BCUT2D eigenvalue weighted by molar-refractivity contribution is 7.99. The van der Waals surface area contributed by atoms with Crippen molar-refractivity contribution in [3.8, 4) is 0 Å². The van der Waals surface area contributed by atoms with Gasteiger partial charge in [-0.25, -0.2) is 0 Å². The van der Waals surface area contributed by atoms with Crippen LogP contribution in [-0.2, 0) is 0 Å². The van der Waals surface area contributed by atoms with Crippen molar-refractivity contribution in [3.05, 3.63) is 29.3 Å². The number of hydrogen-bond acceptors (Lipinski definition) is 2. The average Bonchev–Trinajstić information content (AvgIpc) is 2.07. The lowest BCUT2D eigenvalue weighted by atomic mass is 10.0. The summed E-state index contributed by atoms with van der Waals surface area (Å²) < 4.78 is 0. The molecule has 0 aromatic heterocycles. The summed E-state index contributed by atoms with van der Waals surface area (Å²) in [6, 6.07) is 6.15. The van der Waals surface area contributed by atoms with Gasteiger partial charge in [-0.15, -0.1) is 11.8 Å². The Morgan fingerprint density at radius 1 is 1.50 bits per heavy atom. The molecular formula is C10H12OS. The largest absolute Gasteiger partial charge is 0.388 e. The molecule has 0 fully saturated rings. The van der Waals surface area contributed by atoms with E-state index in [2.05, 4.69) is 13.0 Å². The van der Waals surface area contributed by atoms with E-state index in [1.54, 1.807) is 0 Å². The van der Waals surface area contributed by atoms with Gasteiger partial charge in [-0.3, -0.25) is 0 Å². The van der Waals surface area contributed by atoms with Crippen molar-refractivity contribution >= 4 is 11.8 Å². The Kier molecular flexibility index (Phi) is 2.11. The van der Waals surface area contributed by atoms with Crippen LogP contribution in [0.4, 0.5) is 0 Å². The maximum absolute atomic E-state index is 9.67. The molecule has 1 aromatic rings. The quantitative estimate of drug-likeness (QED) is 0.662. The predicted octanol–water partition coefficient (Wildman–Crippen LogP) is 2.52. The number of fused-ring (bicyclic) bond motifs is 1. The van der Waals surface area contributed by atoms with Crippen molar-refractivity contribution < 1.29 is 5.11 Å². The number of aryl methyl sites for hydroxylation is 1. The molecule has 1 aliphatic heterocycles. The lowest BCUT2D eigenvalue weighted by Gasteiger charge is -2.21. The third-order valence-corrected chi connectivity index (χ3v) is 3.53. The first-order valence-corrected chi connectivity index (χ1v) is 5.18. The third-order valence-electron chi connectivity index (χ3n) is 2.24. The molecule has 1 atom stereocenters. The van der Waals surface area contributed by atoms with Gasteiger partial charge in [-0.2, -0.15) is 0 Å². The van der Waals surface area contributed by atoms with Gasteiger partial charge in [0, 0.05) is 10.6 Å². The molecule has 2 heteroatoms. The van der Waals surface area contributed by atoms with Crippen molar-refractivity contribution in [2.75, 3.05) is 5.75 Å². The first-order chi connectivity index (χ1) is 5.79. The van der Waals surface area contributed by atoms with E-state index < -0.39 is 0 Å². The van der Waals surface area contributed by atoms with Crippen LogP contribution in [0.2, 0.25) is 0 Å². The van der Waals surface area contributed by atoms with Gasteiger partial charge < -0.3 is 5.11 Å². The van der Waals surface area contributed by atoms with Crippen LogP contribution >= 0.6 is 11.8 Å². The van der Waals surface area contributed by atoms with E-state index >= 15 is 0 Å². The van der Waals surface area contributed by atoms with Gasteiger partial charge >= 0.3 is 0 Å². The third kappa shape index (κ3) is 1.25. The molecule has 0 saturated carbocycles. The summed E-state index contributed by atoms with van der Waals surface area (Å²) in [5.74, 6) is 1.04. The van der Waals surface area contributed by atoms with E-state index in [9.17, 15) is 5.11 Å². The SMILES string of the molecule is Cc1cccc2c1SCCC2O. The molecule has 1 aromatic carbocycles. The highest BCUT2D eigenvalue weighted by atomic mass is 32.2. The summed E-state index contributed by atoms with van der Waals surface area (Å²) in [7, 11) is 0. The number of aliphatic hydroxyl groups is 1. The minimum absolute atomic E-state index is 0.235. The first-order valence-electron chi connectivity index (χ1n) is 4.19. The fourth-order valence-corrected chi connectivity index (χ4v) is 2.77. The van der Waals surface area contributed by atoms with Crippen molar-refractivity contribution in [1.82, 2.24) is 0 Å². The number of aliphatic hydroxyl groups excluding tert-OH is 1. The molecule has 0 amide bonds. The number of benzene rings is 1. The van der Waals surface area contributed by atoms with E-state index in [1.807, 2.05) is 23.9 Å². The smallest absolute Gasteiger partial charge is 0.0808 e. The van der Waals surface area contributed by atoms with Crippen LogP contribution in [-0.4, -0.2) is 10.9 Å². The number of rotatable bonds is 0. The van der Waals surface area contributed by atoms with Gasteiger partial charge in [-0.05, 0) is 24.5 Å². The summed E-state index contributed by atoms with van der Waals surface area (Å²) in [6.45, 7) is 2.10. The molecule has 0 spiro atoms. The Balaban J connectivity index is 2.52. The summed E-state index contributed by atoms with van der Waals surface area (Å²) >= 11 is 1.86. The zero-order chi connectivity index (χ0) is 8.55. The molecule has 1 nitrogen and oxygen atoms in total. The maximum atomic E-state index is 9.67. The predicted molar refractivity (Wildman–Crippen MR) is 51.5 cm³/mol. The van der Waals surface area contributed by atoms with Gasteiger partial charge in [0.15, 0.2) is 0 Å². The Morgan fingerprint density at radius 2 is 2.33 bits per heavy atom. The first kappa shape index (κ1) is 8.14. The van der Waals surface area contributed by atoms with E-state index in [4.69, 9.17) is 0 Å². The lowest BCUT2D eigenvalue weighted by molar-refractivity contribution is 0.170. The average molecular weight is 180 g/mol. The second-order valence-corrected chi connectivity index (χ2v) is 4.25. The number of thioether (sulfide) groups is 1. The molecule has 1 aliphatic rings. The molecule has 0 saturated heterocycles. The van der Waals surface area contributed by atoms with Crippen LogP contribution in [0.5, 0.6) is 0 Å². The van der Waals surface area contributed by atoms with Crippen molar-refractivity contribution in [2.45, 2.75) is 24.3 Å². The van der Waals surface area contributed by atoms with Gasteiger partial charge in [0.25, 0.3) is 0 Å². The molecule has 12 heavy (non-hydrogen) atoms. The number of hydrogen-bond donors (Lipinski definition) is 1. The van der Waals surface area contributed by atoms with Crippen LogP contribution in [0.1, 0.15) is 23.7 Å². The topological polar surface area (TPSA) is 20.2 Å². The summed E-state index contributed by atoms with van der Waals surface area (Å²) in [6.07, 6.45) is 0.655. The van der Waals surface area contributed by atoms with E-state index in [1.165, 1.54) is 10.5 Å². The fraction of sp³-hybridized carbons (Fsp3) is 0.400. The highest BCUT2D eigenvalue weighted by Gasteiger charge is 2.18. The lowest BCUT2D eigenvalue weighted by Crippen LogP contribution is -2.07. The maximum Gasteiger partial charge on any atom is 0.0808 e. The zero-order valence-electron chi connectivity index (χ0n) is 7.08. The normalized spacial score (nSPS) is 22.0. The van der Waals surface area contributed by atoms with Gasteiger partial charge in [0.2, 0.25) is 0 Å². The molecule has 64 valence electrons. The van der Waals surface area contributed by atoms with Crippen LogP contribution in [0.3, 0.4) is 0 Å². The van der Waals surface area contributed by atoms with Crippen LogP contribution < -0.4 is 0 Å². The van der Waals surface area contributed by atoms with Gasteiger partial charge in [-0.1, -0.05) is 18.2 Å². The van der Waals surface area contributed by atoms with Gasteiger partial charge in [0.1, 0.15) is 0 Å². The standard InChI is InChI=1S/C10H12OS/c1-7-3-2-4-8-9(11)5-6-12-10(7)8/h2-4,9,11H,5-6H2,1H3. The van der Waals surface area contributed by atoms with E-state index in [-0.39, 0.29) is 6.10 Å². The molecule has 0 radical (unpaired) electrons. The minimum Gasteiger partial charge on any atom is -0.388 e. The van der Waals surface area contributed by atoms with Crippen molar-refractivity contribution in [3.63, 3.8) is 0 Å². The Bertz CT molecular complexity index is 296. The second-order valence-electron chi connectivity index (χ2n) is 3.15. The summed E-state index contributed by atoms with van der Waals surface area (Å²) in [4.78, 5) is 1.29. The minimum atomic E-state index is -0.235. The van der Waals surface area contributed by atoms with Crippen molar-refractivity contribution in [1.29, 1.82) is 0 Å². The van der Waals surface area contributed by atoms with Crippen molar-refractivity contribution in [2.24, 2.45) is 0 Å². The molecule has 1 heterocycles. The van der Waals surface area contributed by atoms with Crippen LogP contribution in [0.15, 0.2) is 23.1 Å². The van der Waals surface area contributed by atoms with E-state index in [0.717, 1.165) is 17.7 Å². The summed E-state index contributed by atoms with van der Waals surface area (Å²) in [5.41, 5.74) is 2.41. The zero-order valence-corrected chi connectivity index (χ0v) is 7.90. The molecule has 1 N–H and O–H groups in total. The fourth-order valence-electron chi connectivity index (χ4n) is 1.56. The Hall–Kier alpha value is -0.470. The second kappa shape index (κ2) is 3.11. The van der Waals surface area contributed by atoms with Gasteiger partial charge in [0.05, 0.1) is 6.10 Å². The molecule has 2 rings (SSSR count). The van der Waals surface area contributed by atoms with E-state index in [0.29, 0.717) is 0 Å². The summed E-state index contributed by atoms with van der Waals surface area (Å²) in [5, 5.41) is 9.67. The molecular weight excluding hydrogens is 168 g/mol.